The van der Waals surface area contributed by atoms with Gasteiger partial charge in [-0.15, -0.1) is 0 Å². The Morgan fingerprint density at radius 3 is 2.62 bits per heavy atom. The number of carbonyl (C=O) groups excluding carboxylic acids is 2. The van der Waals surface area contributed by atoms with Crippen molar-refractivity contribution in [2.75, 3.05) is 37.9 Å². The first-order valence-electron chi connectivity index (χ1n) is 6.81. The van der Waals surface area contributed by atoms with E-state index >= 15 is 0 Å². The van der Waals surface area contributed by atoms with Crippen molar-refractivity contribution in [2.45, 2.75) is 13.8 Å². The van der Waals surface area contributed by atoms with E-state index in [1.807, 2.05) is 13.8 Å². The summed E-state index contributed by atoms with van der Waals surface area (Å²) in [6, 6.07) is 4.99. The highest BCUT2D eigenvalue weighted by molar-refractivity contribution is 5.99. The second kappa shape index (κ2) is 7.52. The van der Waals surface area contributed by atoms with Gasteiger partial charge in [-0.25, -0.2) is 4.79 Å². The summed E-state index contributed by atoms with van der Waals surface area (Å²) in [4.78, 5) is 25.3. The number of nitrogens with zero attached hydrogens (tertiary/aromatic N) is 1. The van der Waals surface area contributed by atoms with Crippen LogP contribution in [-0.2, 0) is 9.53 Å². The maximum Gasteiger partial charge on any atom is 0.340 e. The van der Waals surface area contributed by atoms with Crippen LogP contribution < -0.4 is 16.0 Å². The molecule has 6 heteroatoms. The van der Waals surface area contributed by atoms with Gasteiger partial charge in [-0.05, 0) is 18.1 Å². The number of para-hydroxylation sites is 1. The molecule has 0 aliphatic carbocycles. The average molecular weight is 293 g/mol. The van der Waals surface area contributed by atoms with Crippen LogP contribution in [0.3, 0.4) is 0 Å². The number of likely N-dealkylation sites (N-methyl/N-ethyl adjacent to an activating group) is 1. The van der Waals surface area contributed by atoms with Crippen LogP contribution in [0.25, 0.3) is 0 Å². The minimum absolute atomic E-state index is 0.116. The number of nitrogen functional groups attached to an aromatic ring is 1. The average Bonchev–Trinajstić information content (AvgIpc) is 2.43. The van der Waals surface area contributed by atoms with Crippen LogP contribution in [0.4, 0.5) is 11.4 Å². The fourth-order valence-electron chi connectivity index (χ4n) is 1.93. The highest BCUT2D eigenvalue weighted by atomic mass is 16.5. The van der Waals surface area contributed by atoms with Gasteiger partial charge in [0.2, 0.25) is 5.91 Å². The molecule has 0 saturated carbocycles. The zero-order valence-electron chi connectivity index (χ0n) is 13.0. The molecule has 0 aromatic heterocycles. The number of rotatable bonds is 6. The minimum Gasteiger partial charge on any atom is -0.465 e. The van der Waals surface area contributed by atoms with E-state index < -0.39 is 5.97 Å². The summed E-state index contributed by atoms with van der Waals surface area (Å²) in [6.45, 7) is 4.77. The summed E-state index contributed by atoms with van der Waals surface area (Å²) in [5.74, 6) is -0.219. The summed E-state index contributed by atoms with van der Waals surface area (Å²) in [7, 11) is 3.03. The maximum atomic E-state index is 11.9. The maximum absolute atomic E-state index is 11.9. The van der Waals surface area contributed by atoms with Crippen molar-refractivity contribution in [2.24, 2.45) is 5.92 Å². The van der Waals surface area contributed by atoms with Crippen LogP contribution in [0.1, 0.15) is 24.2 Å². The van der Waals surface area contributed by atoms with Crippen LogP contribution in [0.2, 0.25) is 0 Å². The van der Waals surface area contributed by atoms with Crippen molar-refractivity contribution in [1.29, 1.82) is 0 Å². The molecule has 0 heterocycles. The van der Waals surface area contributed by atoms with Crippen LogP contribution in [0.15, 0.2) is 18.2 Å². The summed E-state index contributed by atoms with van der Waals surface area (Å²) in [6.07, 6.45) is 0. The lowest BCUT2D eigenvalue weighted by molar-refractivity contribution is -0.119. The van der Waals surface area contributed by atoms with E-state index in [2.05, 4.69) is 5.32 Å². The number of anilines is 2. The number of nitrogens with two attached hydrogens (primary N) is 1. The SMILES string of the molecule is COC(=O)c1cccc(N)c1N(C)CC(=O)NCC(C)C. The molecule has 0 unspecified atom stereocenters. The Morgan fingerprint density at radius 1 is 1.38 bits per heavy atom. The Labute approximate surface area is 125 Å². The first kappa shape index (κ1) is 16.8. The fraction of sp³-hybridized carbons (Fsp3) is 0.467. The van der Waals surface area contributed by atoms with Gasteiger partial charge in [-0.3, -0.25) is 4.79 Å². The van der Waals surface area contributed by atoms with Crippen molar-refractivity contribution < 1.29 is 14.3 Å². The monoisotopic (exact) mass is 293 g/mol. The topological polar surface area (TPSA) is 84.7 Å². The second-order valence-corrected chi connectivity index (χ2v) is 5.29. The Balaban J connectivity index is 2.89. The molecule has 6 nitrogen and oxygen atoms in total. The first-order valence-corrected chi connectivity index (χ1v) is 6.81. The number of ether oxygens (including phenoxy) is 1. The number of hydrogen-bond acceptors (Lipinski definition) is 5. The van der Waals surface area contributed by atoms with Crippen molar-refractivity contribution in [3.05, 3.63) is 23.8 Å². The smallest absolute Gasteiger partial charge is 0.340 e. The number of hydrogen-bond donors (Lipinski definition) is 2. The second-order valence-electron chi connectivity index (χ2n) is 5.29. The zero-order valence-corrected chi connectivity index (χ0v) is 13.0. The summed E-state index contributed by atoms with van der Waals surface area (Å²) < 4.78 is 4.74. The predicted molar refractivity (Wildman–Crippen MR) is 83.3 cm³/mol. The van der Waals surface area contributed by atoms with Gasteiger partial charge in [-0.1, -0.05) is 19.9 Å². The zero-order chi connectivity index (χ0) is 16.0. The van der Waals surface area contributed by atoms with Crippen molar-refractivity contribution in [3.8, 4) is 0 Å². The lowest BCUT2D eigenvalue weighted by Crippen LogP contribution is -2.37. The van der Waals surface area contributed by atoms with Gasteiger partial charge in [-0.2, -0.15) is 0 Å². The molecule has 1 aromatic carbocycles. The van der Waals surface area contributed by atoms with Crippen LogP contribution in [-0.4, -0.2) is 39.1 Å². The van der Waals surface area contributed by atoms with Crippen molar-refractivity contribution >= 4 is 23.3 Å². The molecule has 116 valence electrons. The molecule has 0 saturated heterocycles. The van der Waals surface area contributed by atoms with Crippen molar-refractivity contribution in [3.63, 3.8) is 0 Å². The van der Waals surface area contributed by atoms with Crippen LogP contribution >= 0.6 is 0 Å². The van der Waals surface area contributed by atoms with Crippen LogP contribution in [0, 0.1) is 5.92 Å². The van der Waals surface area contributed by atoms with E-state index in [-0.39, 0.29) is 12.5 Å². The Morgan fingerprint density at radius 2 is 2.05 bits per heavy atom. The van der Waals surface area contributed by atoms with Crippen LogP contribution in [0.5, 0.6) is 0 Å². The fourth-order valence-corrected chi connectivity index (χ4v) is 1.93. The van der Waals surface area contributed by atoms with E-state index in [4.69, 9.17) is 10.5 Å². The van der Waals surface area contributed by atoms with Gasteiger partial charge in [0.05, 0.1) is 30.6 Å². The summed E-state index contributed by atoms with van der Waals surface area (Å²) >= 11 is 0. The molecule has 0 aliphatic rings. The number of nitrogens with one attached hydrogen (secondary N) is 1. The van der Waals surface area contributed by atoms with Gasteiger partial charge in [0.1, 0.15) is 0 Å². The van der Waals surface area contributed by atoms with Gasteiger partial charge in [0, 0.05) is 13.6 Å². The Hall–Kier alpha value is -2.24. The molecular weight excluding hydrogens is 270 g/mol. The summed E-state index contributed by atoms with van der Waals surface area (Å²) in [5.41, 5.74) is 7.21. The molecule has 0 spiro atoms. The molecule has 3 N–H and O–H groups in total. The molecule has 1 aromatic rings. The summed E-state index contributed by atoms with van der Waals surface area (Å²) in [5, 5.41) is 2.83. The predicted octanol–water partition coefficient (Wildman–Crippen LogP) is 1.26. The third-order valence-electron chi connectivity index (χ3n) is 2.94. The van der Waals surface area contributed by atoms with E-state index in [9.17, 15) is 9.59 Å². The molecule has 0 fully saturated rings. The van der Waals surface area contributed by atoms with Crippen molar-refractivity contribution in [1.82, 2.24) is 5.32 Å². The molecule has 1 amide bonds. The molecule has 1 rings (SSSR count). The molecule has 0 aliphatic heterocycles. The van der Waals surface area contributed by atoms with E-state index in [0.29, 0.717) is 29.4 Å². The Kier molecular flexibility index (Phi) is 6.02. The number of benzene rings is 1. The standard InChI is InChI=1S/C15H23N3O3/c1-10(2)8-17-13(19)9-18(3)14-11(15(20)21-4)6-5-7-12(14)16/h5-7,10H,8-9,16H2,1-4H3,(H,17,19). The minimum atomic E-state index is -0.480. The largest absolute Gasteiger partial charge is 0.465 e. The lowest BCUT2D eigenvalue weighted by Gasteiger charge is -2.23. The highest BCUT2D eigenvalue weighted by Gasteiger charge is 2.19. The van der Waals surface area contributed by atoms with Gasteiger partial charge in [0.15, 0.2) is 0 Å². The number of carbonyl (C=O) groups is 2. The third kappa shape index (κ3) is 4.66. The molecule has 0 radical (unpaired) electrons. The van der Waals surface area contributed by atoms with Gasteiger partial charge in [0.25, 0.3) is 0 Å². The van der Waals surface area contributed by atoms with E-state index in [1.54, 1.807) is 30.1 Å². The first-order chi connectivity index (χ1) is 9.86. The van der Waals surface area contributed by atoms with Gasteiger partial charge < -0.3 is 20.7 Å². The molecular formula is C15H23N3O3. The van der Waals surface area contributed by atoms with Gasteiger partial charge >= 0.3 is 5.97 Å². The molecule has 0 atom stereocenters. The normalized spacial score (nSPS) is 10.3. The molecule has 21 heavy (non-hydrogen) atoms. The number of methoxy groups -OCH3 is 1. The Bertz CT molecular complexity index is 515. The van der Waals surface area contributed by atoms with E-state index in [0.717, 1.165) is 0 Å². The molecule has 0 bridgehead atoms. The number of amides is 1. The van der Waals surface area contributed by atoms with E-state index in [1.165, 1.54) is 7.11 Å². The number of esters is 1. The third-order valence-corrected chi connectivity index (χ3v) is 2.94. The highest BCUT2D eigenvalue weighted by Crippen LogP contribution is 2.27. The lowest BCUT2D eigenvalue weighted by atomic mass is 10.1. The quantitative estimate of drug-likeness (QED) is 0.609.